The molecule has 1 aliphatic heterocycles. The zero-order valence-corrected chi connectivity index (χ0v) is 13.8. The molecule has 1 aliphatic rings. The normalized spacial score (nSPS) is 17.7. The predicted octanol–water partition coefficient (Wildman–Crippen LogP) is 3.12. The van der Waals surface area contributed by atoms with Crippen LogP contribution in [0.1, 0.15) is 44.7 Å². The van der Waals surface area contributed by atoms with Crippen LogP contribution in [0.15, 0.2) is 24.3 Å². The number of likely N-dealkylation sites (tertiary alicyclic amines) is 1. The monoisotopic (exact) mass is 288 g/mol. The van der Waals surface area contributed by atoms with Crippen molar-refractivity contribution in [2.75, 3.05) is 13.1 Å². The summed E-state index contributed by atoms with van der Waals surface area (Å²) in [7, 11) is 0. The summed E-state index contributed by atoms with van der Waals surface area (Å²) >= 11 is 0. The third-order valence-electron chi connectivity index (χ3n) is 4.26. The van der Waals surface area contributed by atoms with Crippen LogP contribution in [0.5, 0.6) is 0 Å². The Bertz CT molecular complexity index is 482. The second-order valence-electron chi connectivity index (χ2n) is 7.20. The first-order valence-corrected chi connectivity index (χ1v) is 7.94. The van der Waals surface area contributed by atoms with Crippen LogP contribution in [0.4, 0.5) is 0 Å². The van der Waals surface area contributed by atoms with E-state index in [9.17, 15) is 4.79 Å². The number of aryl methyl sites for hydroxylation is 1. The molecule has 0 aliphatic carbocycles. The van der Waals surface area contributed by atoms with Gasteiger partial charge < -0.3 is 5.32 Å². The van der Waals surface area contributed by atoms with E-state index >= 15 is 0 Å². The summed E-state index contributed by atoms with van der Waals surface area (Å²) in [5, 5.41) is 3.19. The van der Waals surface area contributed by atoms with Crippen LogP contribution in [-0.4, -0.2) is 29.9 Å². The fraction of sp³-hybridized carbons (Fsp3) is 0.611. The van der Waals surface area contributed by atoms with Crippen LogP contribution in [0, 0.1) is 12.3 Å². The Kier molecular flexibility index (Phi) is 5.04. The van der Waals surface area contributed by atoms with Crippen molar-refractivity contribution in [1.29, 1.82) is 0 Å². The van der Waals surface area contributed by atoms with Crippen molar-refractivity contribution in [3.63, 3.8) is 0 Å². The van der Waals surface area contributed by atoms with Crippen LogP contribution < -0.4 is 5.32 Å². The summed E-state index contributed by atoms with van der Waals surface area (Å²) in [4.78, 5) is 14.5. The Morgan fingerprint density at radius 3 is 2.43 bits per heavy atom. The molecule has 0 spiro atoms. The summed E-state index contributed by atoms with van der Waals surface area (Å²) < 4.78 is 0. The van der Waals surface area contributed by atoms with Gasteiger partial charge in [0.15, 0.2) is 0 Å². The van der Waals surface area contributed by atoms with E-state index in [4.69, 9.17) is 0 Å². The first-order valence-electron chi connectivity index (χ1n) is 7.94. The highest BCUT2D eigenvalue weighted by atomic mass is 16.2. The number of piperidine rings is 1. The van der Waals surface area contributed by atoms with Crippen molar-refractivity contribution in [2.45, 2.75) is 53.1 Å². The average Bonchev–Trinajstić information content (AvgIpc) is 2.42. The van der Waals surface area contributed by atoms with Gasteiger partial charge in [0.2, 0.25) is 5.91 Å². The highest BCUT2D eigenvalue weighted by Crippen LogP contribution is 2.18. The summed E-state index contributed by atoms with van der Waals surface area (Å²) in [6, 6.07) is 8.92. The topological polar surface area (TPSA) is 32.3 Å². The molecule has 1 saturated heterocycles. The second kappa shape index (κ2) is 6.61. The summed E-state index contributed by atoms with van der Waals surface area (Å²) in [6.07, 6.45) is 2.10. The van der Waals surface area contributed by atoms with Crippen molar-refractivity contribution in [3.8, 4) is 0 Å². The number of nitrogens with zero attached hydrogens (tertiary/aromatic N) is 1. The number of hydrogen-bond acceptors (Lipinski definition) is 2. The van der Waals surface area contributed by atoms with Gasteiger partial charge in [0, 0.05) is 31.1 Å². The van der Waals surface area contributed by atoms with Gasteiger partial charge in [0.05, 0.1) is 0 Å². The van der Waals surface area contributed by atoms with Gasteiger partial charge in [-0.05, 0) is 30.9 Å². The lowest BCUT2D eigenvalue weighted by Gasteiger charge is -2.34. The van der Waals surface area contributed by atoms with Gasteiger partial charge in [0.25, 0.3) is 0 Å². The third-order valence-corrected chi connectivity index (χ3v) is 4.26. The number of rotatable bonds is 3. The van der Waals surface area contributed by atoms with E-state index in [-0.39, 0.29) is 11.3 Å². The Morgan fingerprint density at radius 1 is 1.24 bits per heavy atom. The van der Waals surface area contributed by atoms with E-state index in [2.05, 4.69) is 41.4 Å². The predicted molar refractivity (Wildman–Crippen MR) is 87.1 cm³/mol. The highest BCUT2D eigenvalue weighted by Gasteiger charge is 2.26. The Hall–Kier alpha value is -1.35. The molecule has 1 aromatic carbocycles. The Labute approximate surface area is 128 Å². The summed E-state index contributed by atoms with van der Waals surface area (Å²) in [5.41, 5.74) is 2.48. The number of nitrogens with one attached hydrogen (secondary N) is 1. The molecule has 21 heavy (non-hydrogen) atoms. The molecule has 0 atom stereocenters. The molecule has 0 radical (unpaired) electrons. The minimum atomic E-state index is -0.293. The molecule has 3 heteroatoms. The molecule has 1 fully saturated rings. The van der Waals surface area contributed by atoms with Gasteiger partial charge in [0.1, 0.15) is 0 Å². The average molecular weight is 288 g/mol. The Morgan fingerprint density at radius 2 is 1.86 bits per heavy atom. The fourth-order valence-electron chi connectivity index (χ4n) is 2.67. The van der Waals surface area contributed by atoms with Gasteiger partial charge in [-0.3, -0.25) is 9.69 Å². The maximum atomic E-state index is 12.0. The van der Waals surface area contributed by atoms with Crippen molar-refractivity contribution in [1.82, 2.24) is 10.2 Å². The van der Waals surface area contributed by atoms with E-state index in [0.717, 1.165) is 32.5 Å². The molecule has 3 nitrogen and oxygen atoms in total. The smallest absolute Gasteiger partial charge is 0.225 e. The molecule has 1 N–H and O–H groups in total. The van der Waals surface area contributed by atoms with Gasteiger partial charge >= 0.3 is 0 Å². The summed E-state index contributed by atoms with van der Waals surface area (Å²) in [5.74, 6) is 0.167. The number of amides is 1. The zero-order chi connectivity index (χ0) is 15.5. The van der Waals surface area contributed by atoms with E-state index in [1.807, 2.05) is 20.8 Å². The molecule has 0 aromatic heterocycles. The van der Waals surface area contributed by atoms with Crippen LogP contribution in [0.2, 0.25) is 0 Å². The molecule has 0 saturated carbocycles. The largest absolute Gasteiger partial charge is 0.353 e. The van der Waals surface area contributed by atoms with Gasteiger partial charge in [-0.1, -0.05) is 45.0 Å². The van der Waals surface area contributed by atoms with E-state index < -0.39 is 0 Å². The molecular formula is C18H28N2O. The first kappa shape index (κ1) is 16.0. The van der Waals surface area contributed by atoms with Crippen molar-refractivity contribution >= 4 is 5.91 Å². The fourth-order valence-corrected chi connectivity index (χ4v) is 2.67. The van der Waals surface area contributed by atoms with E-state index in [1.165, 1.54) is 11.1 Å². The van der Waals surface area contributed by atoms with E-state index in [1.54, 1.807) is 0 Å². The molecule has 1 amide bonds. The standard InChI is InChI=1S/C18H28N2O/c1-14-7-5-6-8-15(14)13-20-11-9-16(10-12-20)19-17(21)18(2,3)4/h5-8,16H,9-13H2,1-4H3,(H,19,21). The lowest BCUT2D eigenvalue weighted by molar-refractivity contribution is -0.129. The quantitative estimate of drug-likeness (QED) is 0.927. The number of carbonyl (C=O) groups excluding carboxylic acids is 1. The van der Waals surface area contributed by atoms with Crippen LogP contribution in [0.25, 0.3) is 0 Å². The Balaban J connectivity index is 1.81. The zero-order valence-electron chi connectivity index (χ0n) is 13.8. The number of carbonyl (C=O) groups is 1. The minimum absolute atomic E-state index is 0.167. The van der Waals surface area contributed by atoms with Crippen LogP contribution in [-0.2, 0) is 11.3 Å². The maximum Gasteiger partial charge on any atom is 0.225 e. The SMILES string of the molecule is Cc1ccccc1CN1CCC(NC(=O)C(C)(C)C)CC1. The van der Waals surface area contributed by atoms with Gasteiger partial charge in [-0.25, -0.2) is 0 Å². The number of benzene rings is 1. The second-order valence-corrected chi connectivity index (χ2v) is 7.20. The molecular weight excluding hydrogens is 260 g/mol. The van der Waals surface area contributed by atoms with Crippen molar-refractivity contribution < 1.29 is 4.79 Å². The van der Waals surface area contributed by atoms with Gasteiger partial charge in [-0.2, -0.15) is 0 Å². The lowest BCUT2D eigenvalue weighted by atomic mass is 9.94. The van der Waals surface area contributed by atoms with Crippen LogP contribution >= 0.6 is 0 Å². The molecule has 1 aromatic rings. The molecule has 116 valence electrons. The number of hydrogen-bond donors (Lipinski definition) is 1. The maximum absolute atomic E-state index is 12.0. The van der Waals surface area contributed by atoms with Crippen molar-refractivity contribution in [2.24, 2.45) is 5.41 Å². The van der Waals surface area contributed by atoms with Crippen LogP contribution in [0.3, 0.4) is 0 Å². The molecule has 1 heterocycles. The molecule has 0 unspecified atom stereocenters. The third kappa shape index (κ3) is 4.57. The minimum Gasteiger partial charge on any atom is -0.353 e. The highest BCUT2D eigenvalue weighted by molar-refractivity contribution is 5.81. The van der Waals surface area contributed by atoms with Crippen molar-refractivity contribution in [3.05, 3.63) is 35.4 Å². The molecule has 0 bridgehead atoms. The van der Waals surface area contributed by atoms with E-state index in [0.29, 0.717) is 6.04 Å². The molecule has 2 rings (SSSR count). The first-order chi connectivity index (χ1) is 9.86. The van der Waals surface area contributed by atoms with Gasteiger partial charge in [-0.15, -0.1) is 0 Å². The lowest BCUT2D eigenvalue weighted by Crippen LogP contribution is -2.47. The summed E-state index contributed by atoms with van der Waals surface area (Å²) in [6.45, 7) is 11.2.